The first-order chi connectivity index (χ1) is 5.41. The molecule has 0 bridgehead atoms. The standard InChI is InChI=1S/C8H20NO3P/c1-7(2,3)11-13(9,10)12-8(4,5)6/h1-6H3,(H2,9,10). The lowest BCUT2D eigenvalue weighted by atomic mass is 10.2. The van der Waals surface area contributed by atoms with Crippen LogP contribution < -0.4 is 5.50 Å². The monoisotopic (exact) mass is 209 g/mol. The van der Waals surface area contributed by atoms with Crippen molar-refractivity contribution in [1.82, 2.24) is 0 Å². The van der Waals surface area contributed by atoms with E-state index in [4.69, 9.17) is 14.6 Å². The first-order valence-corrected chi connectivity index (χ1v) is 5.83. The Morgan fingerprint density at radius 3 is 1.31 bits per heavy atom. The molecule has 0 aromatic heterocycles. The Kier molecular flexibility index (Phi) is 3.73. The highest BCUT2D eigenvalue weighted by Crippen LogP contribution is 2.46. The van der Waals surface area contributed by atoms with Crippen molar-refractivity contribution in [3.63, 3.8) is 0 Å². The Labute approximate surface area is 80.4 Å². The molecule has 0 rings (SSSR count). The molecular weight excluding hydrogens is 189 g/mol. The van der Waals surface area contributed by atoms with Crippen LogP contribution in [0.3, 0.4) is 0 Å². The van der Waals surface area contributed by atoms with E-state index in [0.29, 0.717) is 0 Å². The van der Waals surface area contributed by atoms with Crippen molar-refractivity contribution >= 4 is 7.75 Å². The summed E-state index contributed by atoms with van der Waals surface area (Å²) >= 11 is 0. The first-order valence-electron chi connectivity index (χ1n) is 4.21. The summed E-state index contributed by atoms with van der Waals surface area (Å²) in [4.78, 5) is 0. The van der Waals surface area contributed by atoms with Crippen LogP contribution in [0.15, 0.2) is 0 Å². The fourth-order valence-corrected chi connectivity index (χ4v) is 2.35. The third-order valence-corrected chi connectivity index (χ3v) is 2.41. The second-order valence-electron chi connectivity index (χ2n) is 4.95. The number of nitrogens with two attached hydrogens (primary N) is 1. The van der Waals surface area contributed by atoms with E-state index in [1.165, 1.54) is 0 Å². The van der Waals surface area contributed by atoms with Gasteiger partial charge in [0.05, 0.1) is 11.2 Å². The van der Waals surface area contributed by atoms with Gasteiger partial charge in [0.1, 0.15) is 0 Å². The lowest BCUT2D eigenvalue weighted by molar-refractivity contribution is 0.0493. The van der Waals surface area contributed by atoms with E-state index in [1.54, 1.807) is 41.5 Å². The van der Waals surface area contributed by atoms with Crippen LogP contribution >= 0.6 is 7.75 Å². The second kappa shape index (κ2) is 3.70. The van der Waals surface area contributed by atoms with Gasteiger partial charge >= 0.3 is 7.75 Å². The van der Waals surface area contributed by atoms with Crippen molar-refractivity contribution in [2.75, 3.05) is 0 Å². The minimum Gasteiger partial charge on any atom is -0.291 e. The van der Waals surface area contributed by atoms with Crippen molar-refractivity contribution in [2.45, 2.75) is 52.7 Å². The summed E-state index contributed by atoms with van der Waals surface area (Å²) in [7, 11) is -3.44. The third-order valence-electron chi connectivity index (χ3n) is 0.802. The SMILES string of the molecule is CC(C)(C)OP(N)(=O)OC(C)(C)C. The van der Waals surface area contributed by atoms with E-state index in [1.807, 2.05) is 0 Å². The first kappa shape index (κ1) is 13.1. The molecule has 0 aliphatic carbocycles. The number of rotatable bonds is 2. The molecule has 0 aliphatic heterocycles. The average molecular weight is 209 g/mol. The summed E-state index contributed by atoms with van der Waals surface area (Å²) in [5.74, 6) is 0. The van der Waals surface area contributed by atoms with Gasteiger partial charge in [-0.2, -0.15) is 0 Å². The minimum absolute atomic E-state index is 0.560. The van der Waals surface area contributed by atoms with Crippen LogP contribution in [-0.4, -0.2) is 11.2 Å². The van der Waals surface area contributed by atoms with Gasteiger partial charge in [-0.15, -0.1) is 0 Å². The van der Waals surface area contributed by atoms with Crippen molar-refractivity contribution in [2.24, 2.45) is 5.50 Å². The summed E-state index contributed by atoms with van der Waals surface area (Å²) in [5, 5.41) is 0. The highest BCUT2D eigenvalue weighted by molar-refractivity contribution is 7.51. The molecule has 0 atom stereocenters. The average Bonchev–Trinajstić information content (AvgIpc) is 1.43. The van der Waals surface area contributed by atoms with Crippen LogP contribution in [0.25, 0.3) is 0 Å². The predicted molar refractivity (Wildman–Crippen MR) is 53.5 cm³/mol. The Hall–Kier alpha value is 0.110. The maximum absolute atomic E-state index is 11.6. The molecule has 0 aromatic carbocycles. The lowest BCUT2D eigenvalue weighted by Crippen LogP contribution is -2.26. The Bertz CT molecular complexity index is 194. The largest absolute Gasteiger partial charge is 0.403 e. The molecule has 0 spiro atoms. The Morgan fingerprint density at radius 2 is 1.15 bits per heavy atom. The normalized spacial score (nSPS) is 14.7. The maximum Gasteiger partial charge on any atom is 0.403 e. The van der Waals surface area contributed by atoms with E-state index in [-0.39, 0.29) is 0 Å². The molecule has 0 saturated heterocycles. The van der Waals surface area contributed by atoms with Crippen LogP contribution in [0.5, 0.6) is 0 Å². The molecule has 5 heteroatoms. The van der Waals surface area contributed by atoms with Gasteiger partial charge in [0.15, 0.2) is 0 Å². The zero-order valence-corrected chi connectivity index (χ0v) is 10.1. The summed E-state index contributed by atoms with van der Waals surface area (Å²) in [6.45, 7) is 10.7. The Morgan fingerprint density at radius 1 is 0.923 bits per heavy atom. The summed E-state index contributed by atoms with van der Waals surface area (Å²) in [6, 6.07) is 0. The van der Waals surface area contributed by atoms with Crippen LogP contribution in [-0.2, 0) is 13.6 Å². The van der Waals surface area contributed by atoms with Crippen molar-refractivity contribution in [3.05, 3.63) is 0 Å². The molecule has 0 amide bonds. The molecular formula is C8H20NO3P. The molecule has 80 valence electrons. The Balaban J connectivity index is 4.35. The van der Waals surface area contributed by atoms with Gasteiger partial charge in [-0.25, -0.2) is 10.1 Å². The van der Waals surface area contributed by atoms with E-state index in [0.717, 1.165) is 0 Å². The van der Waals surface area contributed by atoms with Crippen molar-refractivity contribution in [1.29, 1.82) is 0 Å². The number of hydrogen-bond acceptors (Lipinski definition) is 3. The van der Waals surface area contributed by atoms with Crippen LogP contribution in [0, 0.1) is 0 Å². The van der Waals surface area contributed by atoms with Gasteiger partial charge < -0.3 is 0 Å². The van der Waals surface area contributed by atoms with Crippen molar-refractivity contribution < 1.29 is 13.6 Å². The molecule has 0 fully saturated rings. The zero-order valence-electron chi connectivity index (χ0n) is 9.25. The molecule has 0 unspecified atom stereocenters. The van der Waals surface area contributed by atoms with Crippen LogP contribution in [0.2, 0.25) is 0 Å². The summed E-state index contributed by atoms with van der Waals surface area (Å²) < 4.78 is 21.8. The molecule has 0 aromatic rings. The molecule has 0 aliphatic rings. The van der Waals surface area contributed by atoms with Crippen molar-refractivity contribution in [3.8, 4) is 0 Å². The third kappa shape index (κ3) is 8.44. The molecule has 4 nitrogen and oxygen atoms in total. The molecule has 0 heterocycles. The van der Waals surface area contributed by atoms with Gasteiger partial charge in [-0.1, -0.05) is 0 Å². The fourth-order valence-electron chi connectivity index (χ4n) is 0.782. The van der Waals surface area contributed by atoms with Gasteiger partial charge in [-0.05, 0) is 41.5 Å². The molecule has 13 heavy (non-hydrogen) atoms. The van der Waals surface area contributed by atoms with E-state index >= 15 is 0 Å². The minimum atomic E-state index is -3.44. The number of hydrogen-bond donors (Lipinski definition) is 1. The van der Waals surface area contributed by atoms with Crippen LogP contribution in [0.1, 0.15) is 41.5 Å². The topological polar surface area (TPSA) is 61.5 Å². The summed E-state index contributed by atoms with van der Waals surface area (Å²) in [5.41, 5.74) is 4.28. The second-order valence-corrected chi connectivity index (χ2v) is 6.39. The molecule has 2 N–H and O–H groups in total. The van der Waals surface area contributed by atoms with Gasteiger partial charge in [0.25, 0.3) is 0 Å². The lowest BCUT2D eigenvalue weighted by Gasteiger charge is -2.28. The fraction of sp³-hybridized carbons (Fsp3) is 1.00. The highest BCUT2D eigenvalue weighted by Gasteiger charge is 2.31. The van der Waals surface area contributed by atoms with E-state index < -0.39 is 18.9 Å². The highest BCUT2D eigenvalue weighted by atomic mass is 31.2. The van der Waals surface area contributed by atoms with E-state index in [9.17, 15) is 4.57 Å². The van der Waals surface area contributed by atoms with Crippen LogP contribution in [0.4, 0.5) is 0 Å². The van der Waals surface area contributed by atoms with Gasteiger partial charge in [0, 0.05) is 0 Å². The molecule has 0 saturated carbocycles. The maximum atomic E-state index is 11.6. The smallest absolute Gasteiger partial charge is 0.291 e. The predicted octanol–water partition coefficient (Wildman–Crippen LogP) is 2.68. The summed E-state index contributed by atoms with van der Waals surface area (Å²) in [6.07, 6.45) is 0. The van der Waals surface area contributed by atoms with E-state index in [2.05, 4.69) is 0 Å². The molecule has 0 radical (unpaired) electrons. The van der Waals surface area contributed by atoms with Gasteiger partial charge in [-0.3, -0.25) is 9.05 Å². The quantitative estimate of drug-likeness (QED) is 0.710. The zero-order chi connectivity index (χ0) is 10.9. The van der Waals surface area contributed by atoms with Gasteiger partial charge in [0.2, 0.25) is 0 Å².